The number of aromatic hydroxyl groups is 2. The van der Waals surface area contributed by atoms with E-state index in [0.29, 0.717) is 35.2 Å². The van der Waals surface area contributed by atoms with Crippen LogP contribution < -0.4 is 0 Å². The molecule has 0 aliphatic rings. The predicted molar refractivity (Wildman–Crippen MR) is 130 cm³/mol. The molecule has 166 valence electrons. The van der Waals surface area contributed by atoms with Gasteiger partial charge in [-0.25, -0.2) is 0 Å². The summed E-state index contributed by atoms with van der Waals surface area (Å²) in [5, 5.41) is 21.2. The SMILES string of the molecule is CCC(C)c1cc(O)cc(C(C)CC)c1-c1c(C(C)CC)cc(O)cc1C(C)CC. The second kappa shape index (κ2) is 10.4. The summed E-state index contributed by atoms with van der Waals surface area (Å²) in [6.07, 6.45) is 4.08. The van der Waals surface area contributed by atoms with Crippen molar-refractivity contribution >= 4 is 0 Å². The van der Waals surface area contributed by atoms with Crippen molar-refractivity contribution in [2.45, 2.75) is 105 Å². The number of rotatable bonds is 9. The fourth-order valence-corrected chi connectivity index (χ4v) is 4.35. The minimum Gasteiger partial charge on any atom is -0.508 e. The van der Waals surface area contributed by atoms with Crippen LogP contribution >= 0.6 is 0 Å². The lowest BCUT2D eigenvalue weighted by Crippen LogP contribution is -2.09. The van der Waals surface area contributed by atoms with E-state index in [4.69, 9.17) is 0 Å². The van der Waals surface area contributed by atoms with Gasteiger partial charge in [-0.2, -0.15) is 0 Å². The maximum atomic E-state index is 10.6. The van der Waals surface area contributed by atoms with Crippen molar-refractivity contribution in [3.8, 4) is 22.6 Å². The lowest BCUT2D eigenvalue weighted by molar-refractivity contribution is 0.470. The Hall–Kier alpha value is -1.96. The first-order valence-electron chi connectivity index (χ1n) is 11.9. The normalized spacial score (nSPS) is 15.6. The minimum atomic E-state index is 0.346. The Morgan fingerprint density at radius 1 is 0.500 bits per heavy atom. The van der Waals surface area contributed by atoms with Gasteiger partial charge >= 0.3 is 0 Å². The molecule has 2 rings (SSSR count). The van der Waals surface area contributed by atoms with Gasteiger partial charge in [0.05, 0.1) is 0 Å². The molecule has 0 amide bonds. The topological polar surface area (TPSA) is 40.5 Å². The molecule has 2 heteroatoms. The zero-order chi connectivity index (χ0) is 22.6. The first-order chi connectivity index (χ1) is 14.2. The molecular weight excluding hydrogens is 368 g/mol. The Morgan fingerprint density at radius 2 is 0.700 bits per heavy atom. The highest BCUT2D eigenvalue weighted by atomic mass is 16.3. The zero-order valence-corrected chi connectivity index (χ0v) is 20.3. The summed E-state index contributed by atoms with van der Waals surface area (Å²) in [5.41, 5.74) is 7.50. The molecule has 0 saturated carbocycles. The largest absolute Gasteiger partial charge is 0.508 e. The molecule has 30 heavy (non-hydrogen) atoms. The number of hydrogen-bond acceptors (Lipinski definition) is 2. The summed E-state index contributed by atoms with van der Waals surface area (Å²) in [7, 11) is 0. The standard InChI is InChI=1S/C28H42O2/c1-9-17(5)23-13-21(29)14-24(18(6)10-2)27(23)28-25(19(7)11-3)15-22(30)16-26(28)20(8)12-4/h13-20,29-30H,9-12H2,1-8H3. The van der Waals surface area contributed by atoms with Crippen LogP contribution in [0.3, 0.4) is 0 Å². The van der Waals surface area contributed by atoms with Crippen LogP contribution in [-0.2, 0) is 0 Å². The predicted octanol–water partition coefficient (Wildman–Crippen LogP) is 8.82. The summed E-state index contributed by atoms with van der Waals surface area (Å²) in [6.45, 7) is 17.9. The van der Waals surface area contributed by atoms with Crippen molar-refractivity contribution in [3.63, 3.8) is 0 Å². The third-order valence-electron chi connectivity index (χ3n) is 7.19. The van der Waals surface area contributed by atoms with Gasteiger partial charge in [0.15, 0.2) is 0 Å². The highest BCUT2D eigenvalue weighted by Crippen LogP contribution is 2.47. The molecule has 0 bridgehead atoms. The van der Waals surface area contributed by atoms with Gasteiger partial charge in [0.2, 0.25) is 0 Å². The van der Waals surface area contributed by atoms with Crippen LogP contribution in [0.15, 0.2) is 24.3 Å². The van der Waals surface area contributed by atoms with Gasteiger partial charge in [-0.05, 0) is 107 Å². The first kappa shape index (κ1) is 24.3. The average molecular weight is 411 g/mol. The second-order valence-corrected chi connectivity index (χ2v) is 9.24. The van der Waals surface area contributed by atoms with Crippen LogP contribution in [0, 0.1) is 0 Å². The maximum Gasteiger partial charge on any atom is 0.116 e. The van der Waals surface area contributed by atoms with E-state index < -0.39 is 0 Å². The summed E-state index contributed by atoms with van der Waals surface area (Å²) in [5.74, 6) is 2.10. The van der Waals surface area contributed by atoms with Crippen molar-refractivity contribution < 1.29 is 10.2 Å². The van der Waals surface area contributed by atoms with Crippen LogP contribution in [0.25, 0.3) is 11.1 Å². The van der Waals surface area contributed by atoms with Crippen molar-refractivity contribution in [1.29, 1.82) is 0 Å². The fraction of sp³-hybridized carbons (Fsp3) is 0.571. The number of hydrogen-bond donors (Lipinski definition) is 2. The van der Waals surface area contributed by atoms with Crippen molar-refractivity contribution in [1.82, 2.24) is 0 Å². The molecule has 2 aromatic rings. The van der Waals surface area contributed by atoms with Crippen LogP contribution in [0.2, 0.25) is 0 Å². The molecular formula is C28H42O2. The number of benzene rings is 2. The smallest absolute Gasteiger partial charge is 0.116 e. The monoisotopic (exact) mass is 410 g/mol. The van der Waals surface area contributed by atoms with Crippen LogP contribution in [0.1, 0.15) is 127 Å². The zero-order valence-electron chi connectivity index (χ0n) is 20.3. The molecule has 0 aromatic heterocycles. The van der Waals surface area contributed by atoms with E-state index in [1.54, 1.807) is 0 Å². The molecule has 0 aliphatic heterocycles. The molecule has 4 atom stereocenters. The van der Waals surface area contributed by atoms with E-state index in [1.807, 2.05) is 24.3 Å². The van der Waals surface area contributed by atoms with E-state index in [1.165, 1.54) is 33.4 Å². The Balaban J connectivity index is 3.07. The Kier molecular flexibility index (Phi) is 8.41. The van der Waals surface area contributed by atoms with E-state index >= 15 is 0 Å². The molecule has 0 aliphatic carbocycles. The van der Waals surface area contributed by atoms with Crippen LogP contribution in [0.5, 0.6) is 11.5 Å². The third kappa shape index (κ3) is 4.85. The molecule has 2 aromatic carbocycles. The summed E-state index contributed by atoms with van der Waals surface area (Å²) in [4.78, 5) is 0. The fourth-order valence-electron chi connectivity index (χ4n) is 4.35. The summed E-state index contributed by atoms with van der Waals surface area (Å²) < 4.78 is 0. The number of phenolic OH excluding ortho intramolecular Hbond substituents is 2. The van der Waals surface area contributed by atoms with Gasteiger partial charge in [-0.15, -0.1) is 0 Å². The molecule has 0 radical (unpaired) electrons. The Labute approximate surface area is 184 Å². The third-order valence-corrected chi connectivity index (χ3v) is 7.19. The van der Waals surface area contributed by atoms with Crippen molar-refractivity contribution in [2.75, 3.05) is 0 Å². The lowest BCUT2D eigenvalue weighted by Gasteiger charge is -2.29. The second-order valence-electron chi connectivity index (χ2n) is 9.24. The highest BCUT2D eigenvalue weighted by molar-refractivity contribution is 5.80. The van der Waals surface area contributed by atoms with Crippen LogP contribution in [0.4, 0.5) is 0 Å². The molecule has 2 N–H and O–H groups in total. The van der Waals surface area contributed by atoms with Crippen molar-refractivity contribution in [2.24, 2.45) is 0 Å². The van der Waals surface area contributed by atoms with E-state index in [-0.39, 0.29) is 0 Å². The van der Waals surface area contributed by atoms with Gasteiger partial charge in [0, 0.05) is 0 Å². The van der Waals surface area contributed by atoms with E-state index in [0.717, 1.165) is 25.7 Å². The average Bonchev–Trinajstić information content (AvgIpc) is 2.75. The molecule has 0 fully saturated rings. The maximum absolute atomic E-state index is 10.6. The lowest BCUT2D eigenvalue weighted by atomic mass is 9.75. The minimum absolute atomic E-state index is 0.346. The van der Waals surface area contributed by atoms with E-state index in [2.05, 4.69) is 55.4 Å². The Morgan fingerprint density at radius 3 is 0.867 bits per heavy atom. The first-order valence-corrected chi connectivity index (χ1v) is 11.9. The number of phenols is 2. The molecule has 2 nitrogen and oxygen atoms in total. The molecule has 0 spiro atoms. The van der Waals surface area contributed by atoms with Gasteiger partial charge < -0.3 is 10.2 Å². The van der Waals surface area contributed by atoms with Crippen LogP contribution in [-0.4, -0.2) is 10.2 Å². The van der Waals surface area contributed by atoms with Crippen molar-refractivity contribution in [3.05, 3.63) is 46.5 Å². The Bertz CT molecular complexity index is 718. The summed E-state index contributed by atoms with van der Waals surface area (Å²) >= 11 is 0. The highest BCUT2D eigenvalue weighted by Gasteiger charge is 2.26. The molecule has 0 saturated heterocycles. The van der Waals surface area contributed by atoms with Gasteiger partial charge in [0.1, 0.15) is 11.5 Å². The molecule has 0 heterocycles. The van der Waals surface area contributed by atoms with Gasteiger partial charge in [-0.3, -0.25) is 0 Å². The summed E-state index contributed by atoms with van der Waals surface area (Å²) in [6, 6.07) is 7.90. The quantitative estimate of drug-likeness (QED) is 0.433. The van der Waals surface area contributed by atoms with E-state index in [9.17, 15) is 10.2 Å². The molecule has 4 unspecified atom stereocenters. The van der Waals surface area contributed by atoms with Gasteiger partial charge in [0.25, 0.3) is 0 Å². The van der Waals surface area contributed by atoms with Gasteiger partial charge in [-0.1, -0.05) is 55.4 Å².